The van der Waals surface area contributed by atoms with Gasteiger partial charge in [0.1, 0.15) is 0 Å². The number of nitrogens with two attached hydrogens (primary N) is 1. The lowest BCUT2D eigenvalue weighted by atomic mass is 10.1. The molecule has 21 heavy (non-hydrogen) atoms. The van der Waals surface area contributed by atoms with Crippen molar-refractivity contribution in [1.29, 1.82) is 0 Å². The van der Waals surface area contributed by atoms with Crippen molar-refractivity contribution in [3.8, 4) is 0 Å². The average Bonchev–Trinajstić information content (AvgIpc) is 2.46. The van der Waals surface area contributed by atoms with E-state index in [1.54, 1.807) is 11.9 Å². The number of anilines is 1. The summed E-state index contributed by atoms with van der Waals surface area (Å²) in [5.74, 6) is 0.316. The Balaban J connectivity index is 2.66. The van der Waals surface area contributed by atoms with Crippen LogP contribution in [0.25, 0.3) is 0 Å². The van der Waals surface area contributed by atoms with Gasteiger partial charge in [-0.2, -0.15) is 0 Å². The zero-order chi connectivity index (χ0) is 15.8. The Kier molecular flexibility index (Phi) is 6.88. The quantitative estimate of drug-likeness (QED) is 0.806. The van der Waals surface area contributed by atoms with Gasteiger partial charge >= 0.3 is 0 Å². The van der Waals surface area contributed by atoms with Crippen molar-refractivity contribution in [2.75, 3.05) is 18.9 Å². The molecule has 0 aliphatic carbocycles. The molecule has 0 aliphatic rings. The molecule has 0 aromatic heterocycles. The predicted octanol–water partition coefficient (Wildman–Crippen LogP) is 1.98. The van der Waals surface area contributed by atoms with Crippen LogP contribution in [0, 0.1) is 5.92 Å². The van der Waals surface area contributed by atoms with E-state index in [0.717, 1.165) is 17.7 Å². The van der Waals surface area contributed by atoms with Crippen molar-refractivity contribution in [3.05, 3.63) is 29.8 Å². The minimum absolute atomic E-state index is 0.00657. The SMILES string of the molecule is CC(=O)N(C)Cc1ccccc1NC(=O)CCC(C)CN. The van der Waals surface area contributed by atoms with Crippen molar-refractivity contribution < 1.29 is 9.59 Å². The Morgan fingerprint density at radius 1 is 1.33 bits per heavy atom. The van der Waals surface area contributed by atoms with Crippen LogP contribution in [0.4, 0.5) is 5.69 Å². The molecule has 0 saturated heterocycles. The van der Waals surface area contributed by atoms with Crippen LogP contribution in [-0.4, -0.2) is 30.3 Å². The summed E-state index contributed by atoms with van der Waals surface area (Å²) in [6, 6.07) is 7.54. The third-order valence-electron chi connectivity index (χ3n) is 3.50. The van der Waals surface area contributed by atoms with Gasteiger partial charge in [0.15, 0.2) is 0 Å². The van der Waals surface area contributed by atoms with Crippen molar-refractivity contribution in [2.45, 2.75) is 33.2 Å². The molecule has 2 amide bonds. The number of nitrogens with one attached hydrogen (secondary N) is 1. The van der Waals surface area contributed by atoms with Gasteiger partial charge in [-0.15, -0.1) is 0 Å². The Bertz CT molecular complexity index is 488. The van der Waals surface area contributed by atoms with Crippen LogP contribution >= 0.6 is 0 Å². The normalized spacial score (nSPS) is 11.8. The molecule has 1 rings (SSSR count). The number of hydrogen-bond acceptors (Lipinski definition) is 3. The molecule has 1 aromatic rings. The molecule has 1 atom stereocenters. The molecule has 0 spiro atoms. The van der Waals surface area contributed by atoms with Gasteiger partial charge in [-0.1, -0.05) is 25.1 Å². The maximum absolute atomic E-state index is 12.0. The maximum Gasteiger partial charge on any atom is 0.224 e. The van der Waals surface area contributed by atoms with E-state index >= 15 is 0 Å². The molecule has 0 saturated carbocycles. The van der Waals surface area contributed by atoms with E-state index in [9.17, 15) is 9.59 Å². The van der Waals surface area contributed by atoms with Crippen molar-refractivity contribution in [3.63, 3.8) is 0 Å². The summed E-state index contributed by atoms with van der Waals surface area (Å²) >= 11 is 0. The summed E-state index contributed by atoms with van der Waals surface area (Å²) < 4.78 is 0. The zero-order valence-electron chi connectivity index (χ0n) is 13.1. The molecule has 0 heterocycles. The second-order valence-corrected chi connectivity index (χ2v) is 5.46. The largest absolute Gasteiger partial charge is 0.342 e. The van der Waals surface area contributed by atoms with Crippen LogP contribution in [0.3, 0.4) is 0 Å². The summed E-state index contributed by atoms with van der Waals surface area (Å²) in [6.07, 6.45) is 1.23. The Hall–Kier alpha value is -1.88. The Morgan fingerprint density at radius 2 is 2.00 bits per heavy atom. The fourth-order valence-electron chi connectivity index (χ4n) is 1.86. The summed E-state index contributed by atoms with van der Waals surface area (Å²) in [5.41, 5.74) is 7.24. The third kappa shape index (κ3) is 5.95. The predicted molar refractivity (Wildman–Crippen MR) is 84.7 cm³/mol. The van der Waals surface area contributed by atoms with Gasteiger partial charge in [-0.3, -0.25) is 9.59 Å². The second kappa shape index (κ2) is 8.42. The van der Waals surface area contributed by atoms with Crippen molar-refractivity contribution in [2.24, 2.45) is 11.7 Å². The third-order valence-corrected chi connectivity index (χ3v) is 3.50. The molecular formula is C16H25N3O2. The smallest absolute Gasteiger partial charge is 0.224 e. The first-order chi connectivity index (χ1) is 9.93. The van der Waals surface area contributed by atoms with Gasteiger partial charge in [0, 0.05) is 32.6 Å². The lowest BCUT2D eigenvalue weighted by molar-refractivity contribution is -0.128. The fourth-order valence-corrected chi connectivity index (χ4v) is 1.86. The van der Waals surface area contributed by atoms with Crippen molar-refractivity contribution in [1.82, 2.24) is 4.90 Å². The van der Waals surface area contributed by atoms with Crippen LogP contribution < -0.4 is 11.1 Å². The lowest BCUT2D eigenvalue weighted by Crippen LogP contribution is -2.24. The minimum Gasteiger partial charge on any atom is -0.342 e. The number of para-hydroxylation sites is 1. The maximum atomic E-state index is 12.0. The van der Waals surface area contributed by atoms with Crippen LogP contribution in [0.1, 0.15) is 32.3 Å². The summed E-state index contributed by atoms with van der Waals surface area (Å²) in [4.78, 5) is 24.9. The highest BCUT2D eigenvalue weighted by Gasteiger charge is 2.10. The highest BCUT2D eigenvalue weighted by Crippen LogP contribution is 2.17. The number of carbonyl (C=O) groups is 2. The van der Waals surface area contributed by atoms with Gasteiger partial charge in [-0.05, 0) is 30.5 Å². The van der Waals surface area contributed by atoms with Crippen LogP contribution in [0.5, 0.6) is 0 Å². The van der Waals surface area contributed by atoms with E-state index in [1.807, 2.05) is 31.2 Å². The molecule has 1 unspecified atom stereocenters. The van der Waals surface area contributed by atoms with Crippen LogP contribution in [-0.2, 0) is 16.1 Å². The number of nitrogens with zero attached hydrogens (tertiary/aromatic N) is 1. The van der Waals surface area contributed by atoms with E-state index in [-0.39, 0.29) is 11.8 Å². The summed E-state index contributed by atoms with van der Waals surface area (Å²) in [7, 11) is 1.74. The number of hydrogen-bond donors (Lipinski definition) is 2. The molecule has 0 fully saturated rings. The standard InChI is InChI=1S/C16H25N3O2/c1-12(10-17)8-9-16(21)18-15-7-5-4-6-14(15)11-19(3)13(2)20/h4-7,12H,8-11,17H2,1-3H3,(H,18,21). The van der Waals surface area contributed by atoms with E-state index in [4.69, 9.17) is 5.73 Å². The van der Waals surface area contributed by atoms with E-state index in [0.29, 0.717) is 25.4 Å². The van der Waals surface area contributed by atoms with Gasteiger partial charge < -0.3 is 16.0 Å². The molecule has 5 nitrogen and oxygen atoms in total. The number of rotatable bonds is 7. The zero-order valence-corrected chi connectivity index (χ0v) is 13.1. The summed E-state index contributed by atoms with van der Waals surface area (Å²) in [6.45, 7) is 4.62. The molecule has 0 aliphatic heterocycles. The van der Waals surface area contributed by atoms with Gasteiger partial charge in [0.05, 0.1) is 0 Å². The Morgan fingerprint density at radius 3 is 2.62 bits per heavy atom. The number of amides is 2. The topological polar surface area (TPSA) is 75.4 Å². The molecular weight excluding hydrogens is 266 g/mol. The molecule has 0 bridgehead atoms. The number of benzene rings is 1. The van der Waals surface area contributed by atoms with Crippen LogP contribution in [0.15, 0.2) is 24.3 Å². The van der Waals surface area contributed by atoms with E-state index in [1.165, 1.54) is 6.92 Å². The fraction of sp³-hybridized carbons (Fsp3) is 0.500. The molecule has 116 valence electrons. The first kappa shape index (κ1) is 17.2. The van der Waals surface area contributed by atoms with Gasteiger partial charge in [0.25, 0.3) is 0 Å². The van der Waals surface area contributed by atoms with Gasteiger partial charge in [0.2, 0.25) is 11.8 Å². The van der Waals surface area contributed by atoms with Gasteiger partial charge in [-0.25, -0.2) is 0 Å². The summed E-state index contributed by atoms with van der Waals surface area (Å²) in [5, 5.41) is 2.92. The highest BCUT2D eigenvalue weighted by atomic mass is 16.2. The molecule has 0 radical (unpaired) electrons. The average molecular weight is 291 g/mol. The first-order valence-corrected chi connectivity index (χ1v) is 7.23. The van der Waals surface area contributed by atoms with E-state index < -0.39 is 0 Å². The molecule has 5 heteroatoms. The molecule has 3 N–H and O–H groups in total. The first-order valence-electron chi connectivity index (χ1n) is 7.23. The number of carbonyl (C=O) groups excluding carboxylic acids is 2. The second-order valence-electron chi connectivity index (χ2n) is 5.46. The molecule has 1 aromatic carbocycles. The minimum atomic E-state index is -0.0202. The highest BCUT2D eigenvalue weighted by molar-refractivity contribution is 5.91. The lowest BCUT2D eigenvalue weighted by Gasteiger charge is -2.18. The van der Waals surface area contributed by atoms with Crippen molar-refractivity contribution >= 4 is 17.5 Å². The Labute approximate surface area is 126 Å². The van der Waals surface area contributed by atoms with Crippen LogP contribution in [0.2, 0.25) is 0 Å². The monoisotopic (exact) mass is 291 g/mol. The van der Waals surface area contributed by atoms with E-state index in [2.05, 4.69) is 5.32 Å².